The molecule has 0 radical (unpaired) electrons. The Bertz CT molecular complexity index is 813. The van der Waals surface area contributed by atoms with Crippen molar-refractivity contribution in [3.8, 4) is 11.5 Å². The van der Waals surface area contributed by atoms with Crippen LogP contribution >= 0.6 is 11.3 Å². The Morgan fingerprint density at radius 2 is 1.78 bits per heavy atom. The van der Waals surface area contributed by atoms with Gasteiger partial charge in [0.05, 0.1) is 12.7 Å². The minimum absolute atomic E-state index is 0.134. The number of ether oxygens (including phenoxy) is 3. The van der Waals surface area contributed by atoms with E-state index in [-0.39, 0.29) is 19.1 Å². The smallest absolute Gasteiger partial charge is 0.341 e. The zero-order valence-corrected chi connectivity index (χ0v) is 16.3. The van der Waals surface area contributed by atoms with Crippen molar-refractivity contribution in [1.29, 1.82) is 0 Å². The van der Waals surface area contributed by atoms with Crippen LogP contribution in [0.1, 0.15) is 40.6 Å². The maximum Gasteiger partial charge on any atom is 0.341 e. The Morgan fingerprint density at radius 1 is 1.07 bits per heavy atom. The van der Waals surface area contributed by atoms with Gasteiger partial charge in [-0.15, -0.1) is 11.3 Å². The first-order valence-electron chi connectivity index (χ1n) is 8.94. The number of esters is 1. The number of carbonyl (C=O) groups is 2. The second-order valence-corrected chi connectivity index (χ2v) is 7.36. The molecule has 0 aliphatic heterocycles. The fraction of sp³-hybridized carbons (Fsp3) is 0.400. The van der Waals surface area contributed by atoms with Crippen LogP contribution < -0.4 is 14.8 Å². The fourth-order valence-corrected chi connectivity index (χ4v) is 4.39. The highest BCUT2D eigenvalue weighted by Gasteiger charge is 2.26. The van der Waals surface area contributed by atoms with Crippen LogP contribution in [0, 0.1) is 0 Å². The van der Waals surface area contributed by atoms with Gasteiger partial charge >= 0.3 is 5.97 Å². The van der Waals surface area contributed by atoms with Crippen molar-refractivity contribution in [3.63, 3.8) is 0 Å². The molecule has 6 nitrogen and oxygen atoms in total. The van der Waals surface area contributed by atoms with Gasteiger partial charge in [0.15, 0.2) is 0 Å². The molecule has 1 heterocycles. The van der Waals surface area contributed by atoms with Crippen LogP contribution in [0.4, 0.5) is 5.00 Å². The number of aryl methyl sites for hydroxylation is 1. The molecule has 0 saturated heterocycles. The average Bonchev–Trinajstić information content (AvgIpc) is 3.02. The molecule has 1 amide bonds. The Morgan fingerprint density at radius 3 is 2.48 bits per heavy atom. The maximum absolute atomic E-state index is 12.6. The molecule has 1 aromatic heterocycles. The van der Waals surface area contributed by atoms with E-state index in [9.17, 15) is 9.59 Å². The van der Waals surface area contributed by atoms with Crippen molar-refractivity contribution in [1.82, 2.24) is 0 Å². The van der Waals surface area contributed by atoms with Crippen LogP contribution in [0.15, 0.2) is 24.3 Å². The minimum atomic E-state index is -0.406. The van der Waals surface area contributed by atoms with Gasteiger partial charge in [0.25, 0.3) is 0 Å². The molecule has 1 aromatic carbocycles. The highest BCUT2D eigenvalue weighted by Crippen LogP contribution is 2.38. The molecule has 1 N–H and O–H groups in total. The Balaban J connectivity index is 1.60. The minimum Gasteiger partial charge on any atom is -0.497 e. The third kappa shape index (κ3) is 4.80. The quantitative estimate of drug-likeness (QED) is 0.575. The molecular formula is C20H23NO5S. The summed E-state index contributed by atoms with van der Waals surface area (Å²) in [6.07, 6.45) is 3.94. The van der Waals surface area contributed by atoms with Gasteiger partial charge in [-0.2, -0.15) is 0 Å². The van der Waals surface area contributed by atoms with Gasteiger partial charge in [-0.3, -0.25) is 4.79 Å². The van der Waals surface area contributed by atoms with Crippen LogP contribution in [-0.2, 0) is 22.4 Å². The number of methoxy groups -OCH3 is 1. The zero-order chi connectivity index (χ0) is 19.2. The van der Waals surface area contributed by atoms with Crippen LogP contribution in [0.2, 0.25) is 0 Å². The molecule has 0 atom stereocenters. The lowest BCUT2D eigenvalue weighted by molar-refractivity contribution is -0.114. The molecule has 27 heavy (non-hydrogen) atoms. The second kappa shape index (κ2) is 8.90. The van der Waals surface area contributed by atoms with Crippen molar-refractivity contribution >= 4 is 28.2 Å². The normalized spacial score (nSPS) is 12.8. The van der Waals surface area contributed by atoms with Crippen LogP contribution in [0.3, 0.4) is 0 Å². The van der Waals surface area contributed by atoms with Crippen LogP contribution in [0.25, 0.3) is 0 Å². The van der Waals surface area contributed by atoms with E-state index in [0.29, 0.717) is 16.3 Å². The van der Waals surface area contributed by atoms with Crippen molar-refractivity contribution in [2.24, 2.45) is 0 Å². The average molecular weight is 389 g/mol. The molecule has 7 heteroatoms. The molecule has 0 saturated carbocycles. The van der Waals surface area contributed by atoms with E-state index >= 15 is 0 Å². The van der Waals surface area contributed by atoms with Gasteiger partial charge in [0, 0.05) is 11.8 Å². The summed E-state index contributed by atoms with van der Waals surface area (Å²) in [5.74, 6) is 0.835. The molecule has 144 valence electrons. The number of anilines is 1. The number of carbonyl (C=O) groups excluding carboxylic acids is 2. The first-order valence-corrected chi connectivity index (χ1v) is 9.76. The molecule has 1 aliphatic carbocycles. The zero-order valence-electron chi connectivity index (χ0n) is 15.5. The molecule has 0 unspecified atom stereocenters. The van der Waals surface area contributed by atoms with Crippen molar-refractivity contribution in [3.05, 3.63) is 40.3 Å². The monoisotopic (exact) mass is 389 g/mol. The lowest BCUT2D eigenvalue weighted by Crippen LogP contribution is -2.16. The van der Waals surface area contributed by atoms with E-state index in [2.05, 4.69) is 5.32 Å². The lowest BCUT2D eigenvalue weighted by atomic mass is 9.95. The Kier molecular flexibility index (Phi) is 6.34. The van der Waals surface area contributed by atoms with E-state index in [4.69, 9.17) is 14.2 Å². The Labute approximate surface area is 162 Å². The number of amides is 1. The summed E-state index contributed by atoms with van der Waals surface area (Å²) in [7, 11) is 1.60. The largest absolute Gasteiger partial charge is 0.497 e. The standard InChI is InChI=1S/C20H23NO5S/c1-13(22)21-19-18(16-5-3-4-6-17(16)27-19)20(23)26-12-11-25-15-9-7-14(24-2)8-10-15/h7-10H,3-6,11-12H2,1-2H3,(H,21,22). The van der Waals surface area contributed by atoms with Gasteiger partial charge < -0.3 is 19.5 Å². The predicted molar refractivity (Wildman–Crippen MR) is 104 cm³/mol. The number of hydrogen-bond donors (Lipinski definition) is 1. The molecule has 0 fully saturated rings. The third-order valence-electron chi connectivity index (χ3n) is 4.31. The SMILES string of the molecule is COc1ccc(OCCOC(=O)c2c(NC(C)=O)sc3c2CCCC3)cc1. The maximum atomic E-state index is 12.6. The number of hydrogen-bond acceptors (Lipinski definition) is 6. The molecule has 0 bridgehead atoms. The van der Waals surface area contributed by atoms with Gasteiger partial charge in [0.2, 0.25) is 5.91 Å². The van der Waals surface area contributed by atoms with Crippen molar-refractivity contribution in [2.45, 2.75) is 32.6 Å². The lowest BCUT2D eigenvalue weighted by Gasteiger charge is -2.13. The summed E-state index contributed by atoms with van der Waals surface area (Å²) in [5.41, 5.74) is 1.53. The van der Waals surface area contributed by atoms with E-state index in [1.54, 1.807) is 31.4 Å². The van der Waals surface area contributed by atoms with Crippen molar-refractivity contribution in [2.75, 3.05) is 25.6 Å². The summed E-state index contributed by atoms with van der Waals surface area (Å²) in [6, 6.07) is 7.20. The number of fused-ring (bicyclic) bond motifs is 1. The summed E-state index contributed by atoms with van der Waals surface area (Å²) in [6.45, 7) is 1.82. The summed E-state index contributed by atoms with van der Waals surface area (Å²) < 4.78 is 16.1. The van der Waals surface area contributed by atoms with E-state index in [1.807, 2.05) is 0 Å². The highest BCUT2D eigenvalue weighted by molar-refractivity contribution is 7.17. The Hall–Kier alpha value is -2.54. The van der Waals surface area contributed by atoms with Crippen LogP contribution in [-0.4, -0.2) is 32.2 Å². The predicted octanol–water partition coefficient (Wildman–Crippen LogP) is 3.83. The number of nitrogens with one attached hydrogen (secondary N) is 1. The number of benzene rings is 1. The highest BCUT2D eigenvalue weighted by atomic mass is 32.1. The van der Waals surface area contributed by atoms with E-state index in [1.165, 1.54) is 23.1 Å². The molecule has 1 aliphatic rings. The first kappa shape index (κ1) is 19.2. The van der Waals surface area contributed by atoms with Crippen molar-refractivity contribution < 1.29 is 23.8 Å². The van der Waals surface area contributed by atoms with Gasteiger partial charge in [-0.1, -0.05) is 0 Å². The third-order valence-corrected chi connectivity index (χ3v) is 5.52. The van der Waals surface area contributed by atoms with E-state index in [0.717, 1.165) is 37.0 Å². The molecule has 0 spiro atoms. The summed E-state index contributed by atoms with van der Waals surface area (Å²) in [5, 5.41) is 3.37. The second-order valence-electron chi connectivity index (χ2n) is 6.26. The molecule has 2 aromatic rings. The first-order chi connectivity index (χ1) is 13.1. The van der Waals surface area contributed by atoms with Crippen LogP contribution in [0.5, 0.6) is 11.5 Å². The van der Waals surface area contributed by atoms with Gasteiger partial charge in [-0.05, 0) is 55.5 Å². The van der Waals surface area contributed by atoms with Gasteiger partial charge in [0.1, 0.15) is 29.7 Å². The number of thiophene rings is 1. The molecule has 3 rings (SSSR count). The molecular weight excluding hydrogens is 366 g/mol. The van der Waals surface area contributed by atoms with E-state index < -0.39 is 5.97 Å². The summed E-state index contributed by atoms with van der Waals surface area (Å²) >= 11 is 1.48. The topological polar surface area (TPSA) is 73.9 Å². The van der Waals surface area contributed by atoms with Gasteiger partial charge in [-0.25, -0.2) is 4.79 Å². The fourth-order valence-electron chi connectivity index (χ4n) is 3.07. The number of rotatable bonds is 7. The summed E-state index contributed by atoms with van der Waals surface area (Å²) in [4.78, 5) is 25.3.